The number of ether oxygens (including phenoxy) is 3. The van der Waals surface area contributed by atoms with Crippen molar-refractivity contribution in [3.05, 3.63) is 83.8 Å². The first-order valence-corrected chi connectivity index (χ1v) is 11.0. The summed E-state index contributed by atoms with van der Waals surface area (Å²) < 4.78 is 31.4. The van der Waals surface area contributed by atoms with Gasteiger partial charge in [0.1, 0.15) is 17.3 Å². The summed E-state index contributed by atoms with van der Waals surface area (Å²) in [6, 6.07) is 16.5. The van der Waals surface area contributed by atoms with Crippen LogP contribution in [0.1, 0.15) is 15.9 Å². The monoisotopic (exact) mass is 491 g/mol. The third kappa shape index (κ3) is 5.47. The number of hydrogen-bond donors (Lipinski definition) is 2. The smallest absolute Gasteiger partial charge is 0.257 e. The number of halogens is 1. The molecule has 4 rings (SSSR count). The van der Waals surface area contributed by atoms with Crippen LogP contribution in [0.25, 0.3) is 10.9 Å². The number of nitrogens with zero attached hydrogens (tertiary/aromatic N) is 1. The summed E-state index contributed by atoms with van der Waals surface area (Å²) >= 11 is 5.17. The van der Waals surface area contributed by atoms with E-state index in [1.807, 2.05) is 13.0 Å². The van der Waals surface area contributed by atoms with E-state index < -0.39 is 5.82 Å². The number of hydrogen-bond acceptors (Lipinski definition) is 6. The van der Waals surface area contributed by atoms with E-state index in [2.05, 4.69) is 15.6 Å². The highest BCUT2D eigenvalue weighted by molar-refractivity contribution is 7.80. The van der Waals surface area contributed by atoms with Crippen LogP contribution in [-0.2, 0) is 0 Å². The zero-order valence-electron chi connectivity index (χ0n) is 19.2. The van der Waals surface area contributed by atoms with Gasteiger partial charge >= 0.3 is 0 Å². The third-order valence-corrected chi connectivity index (χ3v) is 5.33. The van der Waals surface area contributed by atoms with Crippen molar-refractivity contribution in [1.82, 2.24) is 10.3 Å². The van der Waals surface area contributed by atoms with Crippen molar-refractivity contribution in [2.45, 2.75) is 6.92 Å². The maximum absolute atomic E-state index is 14.8. The first kappa shape index (κ1) is 23.9. The highest BCUT2D eigenvalue weighted by Crippen LogP contribution is 2.37. The van der Waals surface area contributed by atoms with Crippen LogP contribution in [0, 0.1) is 12.7 Å². The Balaban J connectivity index is 1.49. The molecule has 35 heavy (non-hydrogen) atoms. The van der Waals surface area contributed by atoms with Crippen molar-refractivity contribution in [2.24, 2.45) is 0 Å². The Bertz CT molecular complexity index is 1430. The van der Waals surface area contributed by atoms with E-state index in [-0.39, 0.29) is 22.5 Å². The van der Waals surface area contributed by atoms with Gasteiger partial charge in [-0.1, -0.05) is 17.7 Å². The Labute approximate surface area is 206 Å². The molecule has 9 heteroatoms. The summed E-state index contributed by atoms with van der Waals surface area (Å²) in [5, 5.41) is 5.90. The predicted molar refractivity (Wildman–Crippen MR) is 136 cm³/mol. The summed E-state index contributed by atoms with van der Waals surface area (Å²) in [5.74, 6) is 0.805. The second-order valence-corrected chi connectivity index (χ2v) is 7.96. The maximum Gasteiger partial charge on any atom is 0.257 e. The van der Waals surface area contributed by atoms with Gasteiger partial charge in [0.15, 0.2) is 16.6 Å². The van der Waals surface area contributed by atoms with Gasteiger partial charge in [-0.05, 0) is 55.5 Å². The molecule has 0 saturated carbocycles. The normalized spacial score (nSPS) is 10.5. The summed E-state index contributed by atoms with van der Waals surface area (Å²) in [4.78, 5) is 16.7. The van der Waals surface area contributed by atoms with Crippen LogP contribution in [0.4, 0.5) is 10.1 Å². The highest BCUT2D eigenvalue weighted by atomic mass is 32.1. The lowest BCUT2D eigenvalue weighted by atomic mass is 10.1. The third-order valence-electron chi connectivity index (χ3n) is 5.13. The number of aryl methyl sites for hydroxylation is 1. The number of fused-ring (bicyclic) bond motifs is 1. The largest absolute Gasteiger partial charge is 0.493 e. The molecule has 0 aliphatic heterocycles. The molecular weight excluding hydrogens is 469 g/mol. The number of methoxy groups -OCH3 is 2. The van der Waals surface area contributed by atoms with Crippen LogP contribution >= 0.6 is 12.2 Å². The van der Waals surface area contributed by atoms with Gasteiger partial charge in [-0.2, -0.15) is 0 Å². The minimum absolute atomic E-state index is 0.0229. The van der Waals surface area contributed by atoms with Crippen LogP contribution in [0.3, 0.4) is 0 Å². The topological polar surface area (TPSA) is 81.7 Å². The van der Waals surface area contributed by atoms with Crippen molar-refractivity contribution in [2.75, 3.05) is 19.5 Å². The molecule has 1 aromatic heterocycles. The number of amides is 1. The number of aromatic nitrogens is 1. The second kappa shape index (κ2) is 10.4. The Kier molecular flexibility index (Phi) is 7.07. The zero-order valence-corrected chi connectivity index (χ0v) is 20.0. The molecule has 0 radical (unpaired) electrons. The van der Waals surface area contributed by atoms with Gasteiger partial charge in [-0.15, -0.1) is 0 Å². The Morgan fingerprint density at radius 3 is 2.46 bits per heavy atom. The average Bonchev–Trinajstić information content (AvgIpc) is 2.85. The Morgan fingerprint density at radius 2 is 1.74 bits per heavy atom. The molecule has 0 atom stereocenters. The Morgan fingerprint density at radius 1 is 0.971 bits per heavy atom. The minimum atomic E-state index is -0.604. The fourth-order valence-electron chi connectivity index (χ4n) is 3.44. The van der Waals surface area contributed by atoms with Crippen molar-refractivity contribution in [3.8, 4) is 23.0 Å². The lowest BCUT2D eigenvalue weighted by Crippen LogP contribution is -2.34. The molecule has 0 unspecified atom stereocenters. The molecule has 0 spiro atoms. The van der Waals surface area contributed by atoms with Gasteiger partial charge in [0, 0.05) is 29.3 Å². The van der Waals surface area contributed by atoms with Gasteiger partial charge < -0.3 is 19.5 Å². The van der Waals surface area contributed by atoms with E-state index in [1.54, 1.807) is 55.8 Å². The summed E-state index contributed by atoms with van der Waals surface area (Å²) in [7, 11) is 3.08. The quantitative estimate of drug-likeness (QED) is 0.339. The fourth-order valence-corrected chi connectivity index (χ4v) is 3.64. The minimum Gasteiger partial charge on any atom is -0.493 e. The molecule has 0 saturated heterocycles. The first-order chi connectivity index (χ1) is 16.9. The lowest BCUT2D eigenvalue weighted by molar-refractivity contribution is 0.0977. The highest BCUT2D eigenvalue weighted by Gasteiger charge is 2.14. The maximum atomic E-state index is 14.8. The number of benzene rings is 3. The van der Waals surface area contributed by atoms with Crippen molar-refractivity contribution in [1.29, 1.82) is 0 Å². The number of carbonyl (C=O) groups is 1. The number of nitrogens with one attached hydrogen (secondary N) is 2. The van der Waals surface area contributed by atoms with Gasteiger partial charge in [-0.25, -0.2) is 4.39 Å². The molecule has 0 aliphatic carbocycles. The van der Waals surface area contributed by atoms with E-state index in [0.717, 1.165) is 5.56 Å². The van der Waals surface area contributed by atoms with Gasteiger partial charge in [0.05, 0.1) is 25.4 Å². The molecule has 4 aromatic rings. The molecule has 0 bridgehead atoms. The number of thiocarbonyl (C=S) groups is 1. The van der Waals surface area contributed by atoms with Crippen molar-refractivity contribution < 1.29 is 23.4 Å². The lowest BCUT2D eigenvalue weighted by Gasteiger charge is -2.14. The number of anilines is 1. The van der Waals surface area contributed by atoms with E-state index in [0.29, 0.717) is 33.7 Å². The SMILES string of the molecule is COc1cc2nccc(Oc3ccc(NC(=S)NC(=O)c4cccc(C)c4)c(F)c3)c2cc1OC. The van der Waals surface area contributed by atoms with E-state index in [9.17, 15) is 9.18 Å². The van der Waals surface area contributed by atoms with E-state index in [4.69, 9.17) is 26.4 Å². The van der Waals surface area contributed by atoms with Crippen LogP contribution < -0.4 is 24.8 Å². The zero-order chi connectivity index (χ0) is 24.9. The molecule has 0 aliphatic rings. The average molecular weight is 492 g/mol. The van der Waals surface area contributed by atoms with Crippen molar-refractivity contribution >= 4 is 39.8 Å². The molecule has 178 valence electrons. The van der Waals surface area contributed by atoms with Crippen LogP contribution in [0.15, 0.2) is 66.9 Å². The standard InChI is InChI=1S/C26H22FN3O4S/c1-15-5-4-6-16(11-15)25(31)30-26(35)29-20-8-7-17(12-19(20)27)34-22-9-10-28-21-14-24(33-3)23(32-2)13-18(21)22/h4-14H,1-3H3,(H2,29,30,31,35). The van der Waals surface area contributed by atoms with Crippen LogP contribution in [0.5, 0.6) is 23.0 Å². The van der Waals surface area contributed by atoms with E-state index in [1.165, 1.54) is 19.2 Å². The molecule has 7 nitrogen and oxygen atoms in total. The Hall–Kier alpha value is -4.24. The summed E-state index contributed by atoms with van der Waals surface area (Å²) in [6.45, 7) is 1.88. The van der Waals surface area contributed by atoms with Crippen LogP contribution in [-0.4, -0.2) is 30.2 Å². The molecule has 0 fully saturated rings. The second-order valence-electron chi connectivity index (χ2n) is 7.55. The number of pyridine rings is 1. The van der Waals surface area contributed by atoms with Crippen molar-refractivity contribution in [3.63, 3.8) is 0 Å². The van der Waals surface area contributed by atoms with Gasteiger partial charge in [0.2, 0.25) is 0 Å². The fraction of sp³-hybridized carbons (Fsp3) is 0.115. The van der Waals surface area contributed by atoms with Gasteiger partial charge in [0.25, 0.3) is 5.91 Å². The predicted octanol–water partition coefficient (Wildman–Crippen LogP) is 5.62. The van der Waals surface area contributed by atoms with Crippen LogP contribution in [0.2, 0.25) is 0 Å². The summed E-state index contributed by atoms with van der Waals surface area (Å²) in [5.41, 5.74) is 2.13. The van der Waals surface area contributed by atoms with E-state index >= 15 is 0 Å². The molecule has 1 amide bonds. The molecule has 2 N–H and O–H groups in total. The molecule has 1 heterocycles. The first-order valence-electron chi connectivity index (χ1n) is 10.5. The number of carbonyl (C=O) groups excluding carboxylic acids is 1. The molecule has 3 aromatic carbocycles. The summed E-state index contributed by atoms with van der Waals surface area (Å²) in [6.07, 6.45) is 1.59. The molecular formula is C26H22FN3O4S. The number of rotatable bonds is 6. The van der Waals surface area contributed by atoms with Gasteiger partial charge in [-0.3, -0.25) is 15.1 Å².